The van der Waals surface area contributed by atoms with Crippen molar-refractivity contribution in [2.45, 2.75) is 18.9 Å². The molecule has 1 unspecified atom stereocenters. The van der Waals surface area contributed by atoms with Gasteiger partial charge in [-0.3, -0.25) is 9.78 Å². The molecule has 0 aliphatic carbocycles. The van der Waals surface area contributed by atoms with E-state index in [2.05, 4.69) is 10.3 Å². The molecule has 2 rings (SSSR count). The van der Waals surface area contributed by atoms with Crippen LogP contribution in [0.1, 0.15) is 23.3 Å². The highest BCUT2D eigenvalue weighted by atomic mass is 32.2. The van der Waals surface area contributed by atoms with Crippen molar-refractivity contribution >= 4 is 21.4 Å². The third kappa shape index (κ3) is 4.90. The molecular formula is C15H23N3O4S. The maximum Gasteiger partial charge on any atom is 0.269 e. The Morgan fingerprint density at radius 1 is 1.52 bits per heavy atom. The average Bonchev–Trinajstić information content (AvgIpc) is 2.91. The molecule has 1 amide bonds. The number of carbonyl (C=O) groups is 1. The van der Waals surface area contributed by atoms with Gasteiger partial charge in [-0.1, -0.05) is 0 Å². The van der Waals surface area contributed by atoms with E-state index in [0.29, 0.717) is 25.3 Å². The molecule has 0 bridgehead atoms. The lowest BCUT2D eigenvalue weighted by molar-refractivity contribution is 0.0943. The number of sulfone groups is 1. The molecule has 1 atom stereocenters. The number of pyridine rings is 1. The molecule has 1 N–H and O–H groups in total. The first-order valence-electron chi connectivity index (χ1n) is 7.59. The molecule has 1 saturated heterocycles. The molecule has 23 heavy (non-hydrogen) atoms. The molecule has 1 fully saturated rings. The number of nitrogens with zero attached hydrogens (tertiary/aromatic N) is 2. The number of anilines is 1. The molecule has 1 aromatic rings. The van der Waals surface area contributed by atoms with E-state index in [0.717, 1.165) is 12.1 Å². The van der Waals surface area contributed by atoms with Gasteiger partial charge in [0.1, 0.15) is 5.69 Å². The van der Waals surface area contributed by atoms with Gasteiger partial charge in [0, 0.05) is 45.2 Å². The van der Waals surface area contributed by atoms with Gasteiger partial charge in [0.15, 0.2) is 9.84 Å². The number of rotatable bonds is 7. The first kappa shape index (κ1) is 17.7. The van der Waals surface area contributed by atoms with Crippen LogP contribution in [0.4, 0.5) is 5.69 Å². The van der Waals surface area contributed by atoms with Crippen LogP contribution in [-0.2, 0) is 14.6 Å². The van der Waals surface area contributed by atoms with Gasteiger partial charge in [-0.05, 0) is 25.0 Å². The zero-order valence-electron chi connectivity index (χ0n) is 13.5. The monoisotopic (exact) mass is 341 g/mol. The van der Waals surface area contributed by atoms with Crippen molar-refractivity contribution in [2.24, 2.45) is 0 Å². The molecule has 0 aromatic carbocycles. The normalized spacial score (nSPS) is 19.5. The van der Waals surface area contributed by atoms with E-state index >= 15 is 0 Å². The van der Waals surface area contributed by atoms with Gasteiger partial charge in [-0.25, -0.2) is 8.42 Å². The summed E-state index contributed by atoms with van der Waals surface area (Å²) in [5, 5.41) is 2.79. The van der Waals surface area contributed by atoms with Crippen LogP contribution in [0, 0.1) is 0 Å². The maximum atomic E-state index is 12.1. The molecule has 1 aliphatic heterocycles. The average molecular weight is 341 g/mol. The van der Waals surface area contributed by atoms with Gasteiger partial charge in [-0.2, -0.15) is 0 Å². The van der Waals surface area contributed by atoms with E-state index in [-0.39, 0.29) is 23.5 Å². The first-order valence-corrected chi connectivity index (χ1v) is 9.41. The molecule has 7 nitrogen and oxygen atoms in total. The van der Waals surface area contributed by atoms with Crippen LogP contribution in [0.25, 0.3) is 0 Å². The Balaban J connectivity index is 2.00. The van der Waals surface area contributed by atoms with Crippen LogP contribution in [-0.4, -0.2) is 64.2 Å². The standard InChI is InChI=1S/C15H23N3O4S/c1-18(13-5-9-23(20,21)11-13)12-4-7-16-14(10-12)15(19)17-6-3-8-22-2/h4,7,10,13H,3,5-6,8-9,11H2,1-2H3,(H,17,19). The summed E-state index contributed by atoms with van der Waals surface area (Å²) in [4.78, 5) is 18.1. The van der Waals surface area contributed by atoms with Gasteiger partial charge in [0.2, 0.25) is 0 Å². The van der Waals surface area contributed by atoms with E-state index in [9.17, 15) is 13.2 Å². The van der Waals surface area contributed by atoms with Crippen molar-refractivity contribution in [1.29, 1.82) is 0 Å². The van der Waals surface area contributed by atoms with Crippen LogP contribution in [0.15, 0.2) is 18.3 Å². The first-order chi connectivity index (χ1) is 10.9. The van der Waals surface area contributed by atoms with Crippen LogP contribution in [0.5, 0.6) is 0 Å². The molecular weight excluding hydrogens is 318 g/mol. The SMILES string of the molecule is COCCCNC(=O)c1cc(N(C)C2CCS(=O)(=O)C2)ccn1. The third-order valence-electron chi connectivity index (χ3n) is 3.95. The van der Waals surface area contributed by atoms with Crippen LogP contribution < -0.4 is 10.2 Å². The van der Waals surface area contributed by atoms with Crippen LogP contribution >= 0.6 is 0 Å². The van der Waals surface area contributed by atoms with Gasteiger partial charge in [0.05, 0.1) is 11.5 Å². The lowest BCUT2D eigenvalue weighted by atomic mass is 10.2. The van der Waals surface area contributed by atoms with Crippen molar-refractivity contribution in [1.82, 2.24) is 10.3 Å². The fraction of sp³-hybridized carbons (Fsp3) is 0.600. The van der Waals surface area contributed by atoms with Crippen molar-refractivity contribution in [3.05, 3.63) is 24.0 Å². The molecule has 8 heteroatoms. The zero-order chi connectivity index (χ0) is 16.9. The van der Waals surface area contributed by atoms with Crippen molar-refractivity contribution in [3.63, 3.8) is 0 Å². The Hall–Kier alpha value is -1.67. The molecule has 0 saturated carbocycles. The Bertz CT molecular complexity index is 648. The maximum absolute atomic E-state index is 12.1. The fourth-order valence-corrected chi connectivity index (χ4v) is 4.34. The van der Waals surface area contributed by atoms with E-state index in [4.69, 9.17) is 4.74 Å². The third-order valence-corrected chi connectivity index (χ3v) is 5.70. The Morgan fingerprint density at radius 3 is 2.96 bits per heavy atom. The summed E-state index contributed by atoms with van der Waals surface area (Å²) < 4.78 is 28.2. The predicted octanol–water partition coefficient (Wildman–Crippen LogP) is 0.471. The number of methoxy groups -OCH3 is 1. The molecule has 128 valence electrons. The Kier molecular flexibility index (Phi) is 5.95. The summed E-state index contributed by atoms with van der Waals surface area (Å²) in [6, 6.07) is 3.42. The van der Waals surface area contributed by atoms with Crippen molar-refractivity contribution in [2.75, 3.05) is 43.7 Å². The molecule has 1 aliphatic rings. The highest BCUT2D eigenvalue weighted by molar-refractivity contribution is 7.91. The molecule has 0 radical (unpaired) electrons. The molecule has 2 heterocycles. The quantitative estimate of drug-likeness (QED) is 0.725. The molecule has 1 aromatic heterocycles. The second-order valence-electron chi connectivity index (χ2n) is 5.67. The summed E-state index contributed by atoms with van der Waals surface area (Å²) in [6.45, 7) is 1.11. The van der Waals surface area contributed by atoms with Gasteiger partial charge < -0.3 is 15.0 Å². The number of aromatic nitrogens is 1. The topological polar surface area (TPSA) is 88.6 Å². The van der Waals surface area contributed by atoms with E-state index in [1.54, 1.807) is 25.4 Å². The van der Waals surface area contributed by atoms with Crippen LogP contribution in [0.3, 0.4) is 0 Å². The second-order valence-corrected chi connectivity index (χ2v) is 7.90. The summed E-state index contributed by atoms with van der Waals surface area (Å²) in [7, 11) is 0.524. The summed E-state index contributed by atoms with van der Waals surface area (Å²) in [6.07, 6.45) is 2.92. The Morgan fingerprint density at radius 2 is 2.30 bits per heavy atom. The minimum atomic E-state index is -2.94. The number of amides is 1. The predicted molar refractivity (Wildman–Crippen MR) is 88.5 cm³/mol. The van der Waals surface area contributed by atoms with Crippen molar-refractivity contribution in [3.8, 4) is 0 Å². The number of hydrogen-bond donors (Lipinski definition) is 1. The van der Waals surface area contributed by atoms with E-state index < -0.39 is 9.84 Å². The van der Waals surface area contributed by atoms with Crippen molar-refractivity contribution < 1.29 is 17.9 Å². The number of carbonyl (C=O) groups excluding carboxylic acids is 1. The zero-order valence-corrected chi connectivity index (χ0v) is 14.3. The largest absolute Gasteiger partial charge is 0.385 e. The second kappa shape index (κ2) is 7.74. The Labute approximate surface area is 137 Å². The highest BCUT2D eigenvalue weighted by Crippen LogP contribution is 2.23. The van der Waals surface area contributed by atoms with Gasteiger partial charge in [-0.15, -0.1) is 0 Å². The van der Waals surface area contributed by atoms with Gasteiger partial charge >= 0.3 is 0 Å². The van der Waals surface area contributed by atoms with Gasteiger partial charge in [0.25, 0.3) is 5.91 Å². The smallest absolute Gasteiger partial charge is 0.269 e. The summed E-state index contributed by atoms with van der Waals surface area (Å²) >= 11 is 0. The van der Waals surface area contributed by atoms with Crippen LogP contribution in [0.2, 0.25) is 0 Å². The van der Waals surface area contributed by atoms with E-state index in [1.165, 1.54) is 0 Å². The number of hydrogen-bond acceptors (Lipinski definition) is 6. The minimum Gasteiger partial charge on any atom is -0.385 e. The fourth-order valence-electron chi connectivity index (χ4n) is 2.56. The highest BCUT2D eigenvalue weighted by Gasteiger charge is 2.31. The summed E-state index contributed by atoms with van der Waals surface area (Å²) in [5.74, 6) is 0.139. The number of nitrogens with one attached hydrogen (secondary N) is 1. The minimum absolute atomic E-state index is 0.0555. The lowest BCUT2D eigenvalue weighted by Crippen LogP contribution is -2.33. The molecule has 0 spiro atoms. The summed E-state index contributed by atoms with van der Waals surface area (Å²) in [5.41, 5.74) is 1.12. The van der Waals surface area contributed by atoms with E-state index in [1.807, 2.05) is 11.9 Å². The number of ether oxygens (including phenoxy) is 1. The lowest BCUT2D eigenvalue weighted by Gasteiger charge is -2.25.